The Hall–Kier alpha value is -2.02. The molecule has 0 bridgehead atoms. The van der Waals surface area contributed by atoms with Crippen molar-refractivity contribution < 1.29 is 9.59 Å². The van der Waals surface area contributed by atoms with Crippen molar-refractivity contribution in [3.63, 3.8) is 0 Å². The van der Waals surface area contributed by atoms with Gasteiger partial charge in [-0.25, -0.2) is 19.6 Å². The number of isocyanates is 2. The minimum Gasteiger partial charge on any atom is -0.211 e. The Morgan fingerprint density at radius 2 is 1.86 bits per heavy atom. The third kappa shape index (κ3) is 4.49. The maximum atomic E-state index is 10.5. The highest BCUT2D eigenvalue weighted by Crippen LogP contribution is 2.33. The second kappa shape index (κ2) is 7.68. The van der Waals surface area contributed by atoms with Crippen LogP contribution in [0.3, 0.4) is 0 Å². The molecule has 0 aliphatic heterocycles. The summed E-state index contributed by atoms with van der Waals surface area (Å²) in [5.74, 6) is 0.769. The first-order valence-corrected chi connectivity index (χ1v) is 7.38. The normalized spacial score (nSPS) is 24.7. The highest BCUT2D eigenvalue weighted by molar-refractivity contribution is 5.34. The Labute approximate surface area is 125 Å². The van der Waals surface area contributed by atoms with Crippen LogP contribution in [0.2, 0.25) is 0 Å². The second-order valence-corrected chi connectivity index (χ2v) is 5.88. The summed E-state index contributed by atoms with van der Waals surface area (Å²) in [4.78, 5) is 28.4. The van der Waals surface area contributed by atoms with Crippen molar-refractivity contribution in [3.05, 3.63) is 35.4 Å². The largest absolute Gasteiger partial charge is 0.235 e. The van der Waals surface area contributed by atoms with E-state index in [1.807, 2.05) is 6.07 Å². The molecule has 0 heterocycles. The fourth-order valence-electron chi connectivity index (χ4n) is 3.34. The maximum absolute atomic E-state index is 10.5. The van der Waals surface area contributed by atoms with Crippen molar-refractivity contribution in [2.45, 2.75) is 38.6 Å². The summed E-state index contributed by atoms with van der Waals surface area (Å²) in [5.41, 5.74) is 2.64. The van der Waals surface area contributed by atoms with Crippen molar-refractivity contribution >= 4 is 12.2 Å². The van der Waals surface area contributed by atoms with E-state index in [1.54, 1.807) is 12.2 Å². The number of nitrogens with zero attached hydrogens (tertiary/aromatic N) is 2. The molecular formula is C17H20N2O2. The Bertz CT molecular complexity index is 572. The van der Waals surface area contributed by atoms with Gasteiger partial charge in [0, 0.05) is 0 Å². The molecule has 1 saturated carbocycles. The zero-order valence-corrected chi connectivity index (χ0v) is 12.3. The third-order valence-electron chi connectivity index (χ3n) is 4.30. The van der Waals surface area contributed by atoms with Crippen molar-refractivity contribution in [2.24, 2.45) is 21.8 Å². The Morgan fingerprint density at radius 3 is 2.57 bits per heavy atom. The number of aliphatic imine (C=N–C) groups is 2. The lowest BCUT2D eigenvalue weighted by Crippen LogP contribution is -2.28. The third-order valence-corrected chi connectivity index (χ3v) is 4.30. The van der Waals surface area contributed by atoms with Gasteiger partial charge in [-0.15, -0.1) is 0 Å². The van der Waals surface area contributed by atoms with Crippen LogP contribution >= 0.6 is 0 Å². The highest BCUT2D eigenvalue weighted by Gasteiger charge is 2.29. The van der Waals surface area contributed by atoms with Crippen LogP contribution in [-0.4, -0.2) is 24.7 Å². The Balaban J connectivity index is 2.08. The van der Waals surface area contributed by atoms with Gasteiger partial charge in [0.05, 0.1) is 12.6 Å². The number of aryl methyl sites for hydroxylation is 1. The molecule has 4 nitrogen and oxygen atoms in total. The van der Waals surface area contributed by atoms with Gasteiger partial charge in [0.2, 0.25) is 12.2 Å². The zero-order valence-electron chi connectivity index (χ0n) is 12.3. The van der Waals surface area contributed by atoms with Crippen LogP contribution in [0.25, 0.3) is 0 Å². The molecule has 110 valence electrons. The number of hydrogen-bond donors (Lipinski definition) is 0. The molecule has 1 fully saturated rings. The maximum Gasteiger partial charge on any atom is 0.235 e. The van der Waals surface area contributed by atoms with Crippen LogP contribution in [-0.2, 0) is 16.0 Å². The molecule has 21 heavy (non-hydrogen) atoms. The molecule has 4 heteroatoms. The fraction of sp³-hybridized carbons (Fsp3) is 0.529. The molecule has 0 amide bonds. The summed E-state index contributed by atoms with van der Waals surface area (Å²) in [5, 5.41) is 0. The number of hydrogen-bond acceptors (Lipinski definition) is 4. The summed E-state index contributed by atoms with van der Waals surface area (Å²) in [6.45, 7) is 2.60. The van der Waals surface area contributed by atoms with Gasteiger partial charge >= 0.3 is 0 Å². The van der Waals surface area contributed by atoms with Gasteiger partial charge in [-0.05, 0) is 55.6 Å². The molecule has 1 aromatic carbocycles. The predicted octanol–water partition coefficient (Wildman–Crippen LogP) is 2.99. The van der Waals surface area contributed by atoms with Gasteiger partial charge in [-0.3, -0.25) is 0 Å². The first-order valence-electron chi connectivity index (χ1n) is 7.38. The minimum absolute atomic E-state index is 0.0112. The molecule has 2 rings (SSSR count). The van der Waals surface area contributed by atoms with Crippen molar-refractivity contribution in [3.8, 4) is 0 Å². The molecule has 1 aliphatic rings. The lowest BCUT2D eigenvalue weighted by Gasteiger charge is -2.32. The van der Waals surface area contributed by atoms with Gasteiger partial charge in [0.15, 0.2) is 0 Å². The van der Waals surface area contributed by atoms with E-state index in [0.717, 1.165) is 25.7 Å². The predicted molar refractivity (Wildman–Crippen MR) is 80.6 cm³/mol. The topological polar surface area (TPSA) is 58.9 Å². The van der Waals surface area contributed by atoms with Crippen LogP contribution in [0.4, 0.5) is 0 Å². The molecule has 0 saturated heterocycles. The smallest absolute Gasteiger partial charge is 0.211 e. The van der Waals surface area contributed by atoms with E-state index in [-0.39, 0.29) is 6.04 Å². The van der Waals surface area contributed by atoms with E-state index in [9.17, 15) is 9.59 Å². The highest BCUT2D eigenvalue weighted by atomic mass is 16.1. The average Bonchev–Trinajstić information content (AvgIpc) is 2.48. The summed E-state index contributed by atoms with van der Waals surface area (Å²) < 4.78 is 0. The van der Waals surface area contributed by atoms with E-state index in [1.165, 1.54) is 11.1 Å². The van der Waals surface area contributed by atoms with E-state index >= 15 is 0 Å². The van der Waals surface area contributed by atoms with Crippen LogP contribution in [0, 0.1) is 18.8 Å². The number of carbonyl (C=O) groups excluding carboxylic acids is 2. The van der Waals surface area contributed by atoms with Gasteiger partial charge < -0.3 is 0 Å². The molecule has 0 N–H and O–H groups in total. The monoisotopic (exact) mass is 284 g/mol. The molecule has 3 atom stereocenters. The molecule has 1 aliphatic carbocycles. The molecule has 0 radical (unpaired) electrons. The molecule has 0 spiro atoms. The second-order valence-electron chi connectivity index (χ2n) is 5.88. The van der Waals surface area contributed by atoms with Crippen molar-refractivity contribution in [1.82, 2.24) is 0 Å². The van der Waals surface area contributed by atoms with Gasteiger partial charge in [-0.2, -0.15) is 0 Å². The van der Waals surface area contributed by atoms with Crippen molar-refractivity contribution in [2.75, 3.05) is 6.54 Å². The summed E-state index contributed by atoms with van der Waals surface area (Å²) in [6, 6.07) is 8.38. The minimum atomic E-state index is 0.0112. The average molecular weight is 284 g/mol. The molecule has 1 aromatic rings. The summed E-state index contributed by atoms with van der Waals surface area (Å²) in [7, 11) is 0. The van der Waals surface area contributed by atoms with Crippen LogP contribution in [0.15, 0.2) is 34.3 Å². The number of benzene rings is 1. The Morgan fingerprint density at radius 1 is 1.10 bits per heavy atom. The lowest BCUT2D eigenvalue weighted by atomic mass is 9.76. The molecule has 3 unspecified atom stereocenters. The zero-order chi connectivity index (χ0) is 15.1. The van der Waals surface area contributed by atoms with Crippen molar-refractivity contribution in [1.29, 1.82) is 0 Å². The summed E-state index contributed by atoms with van der Waals surface area (Å²) >= 11 is 0. The van der Waals surface area contributed by atoms with E-state index < -0.39 is 0 Å². The van der Waals surface area contributed by atoms with Gasteiger partial charge in [0.1, 0.15) is 0 Å². The quantitative estimate of drug-likeness (QED) is 0.616. The van der Waals surface area contributed by atoms with Gasteiger partial charge in [0.25, 0.3) is 0 Å². The molecular weight excluding hydrogens is 264 g/mol. The first kappa shape index (κ1) is 15.4. The molecule has 0 aromatic heterocycles. The summed E-state index contributed by atoms with van der Waals surface area (Å²) in [6.07, 6.45) is 7.00. The van der Waals surface area contributed by atoms with E-state index in [2.05, 4.69) is 35.1 Å². The first-order chi connectivity index (χ1) is 10.2. The van der Waals surface area contributed by atoms with Gasteiger partial charge in [-0.1, -0.05) is 24.3 Å². The standard InChI is InChI=1S/C17H20N2O2/c1-13-4-2-3-5-16(13)7-14-6-15(10-18-11-20)9-17(8-14)19-12-21/h2-5,14-15,17H,6-10H2,1H3. The van der Waals surface area contributed by atoms with Crippen LogP contribution in [0.1, 0.15) is 30.4 Å². The number of rotatable bonds is 5. The van der Waals surface area contributed by atoms with E-state index in [4.69, 9.17) is 0 Å². The SMILES string of the molecule is Cc1ccccc1CC1CC(CN=C=O)CC(N=C=O)C1. The van der Waals surface area contributed by atoms with E-state index in [0.29, 0.717) is 18.4 Å². The lowest BCUT2D eigenvalue weighted by molar-refractivity contribution is 0.244. The van der Waals surface area contributed by atoms with Crippen LogP contribution < -0.4 is 0 Å². The fourth-order valence-corrected chi connectivity index (χ4v) is 3.34. The Kier molecular flexibility index (Phi) is 5.62. The van der Waals surface area contributed by atoms with Crippen LogP contribution in [0.5, 0.6) is 0 Å².